The summed E-state index contributed by atoms with van der Waals surface area (Å²) >= 11 is 2.42. The van der Waals surface area contributed by atoms with Crippen LogP contribution in [0.15, 0.2) is 182 Å². The van der Waals surface area contributed by atoms with Crippen LogP contribution in [-0.4, -0.2) is 5.17 Å². The third kappa shape index (κ3) is 5.98. The standard InChI is InChI=1S/C37H30P2.Ag.ClH/c1-7-19-32(20-8-1)38(33-21-9-2-10-22-33,34-23-11-3-12-24-34)31-39(35-25-13-4-14-26-35,36-27-15-5-16-28-36)37-29-17-6-18-30-37;;/h1-30H;;1H/q;+1;/p-1. The van der Waals surface area contributed by atoms with Crippen molar-refractivity contribution in [3.63, 3.8) is 0 Å². The van der Waals surface area contributed by atoms with Gasteiger partial charge in [0.1, 0.15) is 0 Å². The Morgan fingerprint density at radius 3 is 0.585 bits per heavy atom. The van der Waals surface area contributed by atoms with E-state index in [1.165, 1.54) is 31.8 Å². The second kappa shape index (κ2) is 14.2. The van der Waals surface area contributed by atoms with Crippen LogP contribution in [0.1, 0.15) is 0 Å². The quantitative estimate of drug-likeness (QED) is 0.128. The molecule has 0 saturated heterocycles. The Morgan fingerprint density at radius 2 is 0.439 bits per heavy atom. The van der Waals surface area contributed by atoms with Crippen molar-refractivity contribution in [1.82, 2.24) is 0 Å². The van der Waals surface area contributed by atoms with Crippen LogP contribution in [0, 0.1) is 0 Å². The molecule has 0 bridgehead atoms. The van der Waals surface area contributed by atoms with E-state index in [0.29, 0.717) is 0 Å². The number of halogens is 1. The average molecular weight is 680 g/mol. The van der Waals surface area contributed by atoms with Gasteiger partial charge in [-0.3, -0.25) is 0 Å². The number of hydrogen-bond acceptors (Lipinski definition) is 0. The molecule has 0 aliphatic rings. The van der Waals surface area contributed by atoms with Gasteiger partial charge in [0.2, 0.25) is 0 Å². The summed E-state index contributed by atoms with van der Waals surface area (Å²) < 4.78 is 0. The minimum atomic E-state index is -2.37. The van der Waals surface area contributed by atoms with Crippen molar-refractivity contribution < 1.29 is 20.0 Å². The predicted octanol–water partition coefficient (Wildman–Crippen LogP) is 7.30. The van der Waals surface area contributed by atoms with Gasteiger partial charge in [-0.1, -0.05) is 182 Å². The van der Waals surface area contributed by atoms with Crippen LogP contribution in [0.4, 0.5) is 0 Å². The van der Waals surface area contributed by atoms with E-state index in [4.69, 9.17) is 0 Å². The maximum absolute atomic E-state index is 4.60. The molecule has 4 heteroatoms. The molecule has 0 fully saturated rings. The van der Waals surface area contributed by atoms with Crippen LogP contribution in [0.3, 0.4) is 0 Å². The van der Waals surface area contributed by atoms with Gasteiger partial charge in [-0.15, -0.1) is 5.17 Å². The van der Waals surface area contributed by atoms with Gasteiger partial charge >= 0.3 is 29.2 Å². The SMILES string of the molecule is C(=P(c1ccccc1)(c1ccccc1)c1ccccc1)=P(c1ccccc1)(c1ccccc1)c1ccccc1.[Cl][Ag]. The Kier molecular flexibility index (Phi) is 10.2. The first kappa shape index (κ1) is 29.5. The van der Waals surface area contributed by atoms with Crippen molar-refractivity contribution >= 4 is 60.0 Å². The van der Waals surface area contributed by atoms with Crippen LogP contribution in [0.2, 0.25) is 0 Å². The Bertz CT molecular complexity index is 1430. The summed E-state index contributed by atoms with van der Waals surface area (Å²) in [6, 6.07) is 66.4. The molecular weight excluding hydrogens is 650 g/mol. The van der Waals surface area contributed by atoms with Gasteiger partial charge in [0.25, 0.3) is 0 Å². The normalized spacial score (nSPS) is 11.1. The van der Waals surface area contributed by atoms with Crippen LogP contribution in [0.25, 0.3) is 0 Å². The monoisotopic (exact) mass is 678 g/mol. The van der Waals surface area contributed by atoms with Crippen molar-refractivity contribution in [2.75, 3.05) is 0 Å². The summed E-state index contributed by atoms with van der Waals surface area (Å²) in [6.45, 7) is -4.74. The molecule has 6 rings (SSSR count). The molecule has 0 unspecified atom stereocenters. The van der Waals surface area contributed by atoms with Crippen molar-refractivity contribution in [2.24, 2.45) is 0 Å². The molecule has 0 atom stereocenters. The van der Waals surface area contributed by atoms with E-state index in [1.807, 2.05) is 0 Å². The first-order chi connectivity index (χ1) is 20.3. The third-order valence-electron chi connectivity index (χ3n) is 7.16. The van der Waals surface area contributed by atoms with Crippen LogP contribution in [0.5, 0.6) is 0 Å². The van der Waals surface area contributed by atoms with Gasteiger partial charge in [0.05, 0.1) is 0 Å². The minimum absolute atomic E-state index is 1.31. The molecule has 0 heterocycles. The first-order valence-corrected chi connectivity index (χ1v) is 18.9. The van der Waals surface area contributed by atoms with Crippen LogP contribution >= 0.6 is 23.0 Å². The van der Waals surface area contributed by atoms with E-state index in [0.717, 1.165) is 0 Å². The zero-order valence-electron chi connectivity index (χ0n) is 22.4. The van der Waals surface area contributed by atoms with Crippen molar-refractivity contribution in [3.05, 3.63) is 182 Å². The zero-order chi connectivity index (χ0) is 28.4. The molecule has 0 radical (unpaired) electrons. The topological polar surface area (TPSA) is 0 Å². The van der Waals surface area contributed by atoms with E-state index in [1.54, 1.807) is 0 Å². The van der Waals surface area contributed by atoms with E-state index in [-0.39, 0.29) is 0 Å². The number of benzene rings is 6. The molecule has 0 aliphatic carbocycles. The molecule has 206 valence electrons. The molecule has 41 heavy (non-hydrogen) atoms. The second-order valence-electron chi connectivity index (χ2n) is 9.45. The number of hydrogen-bond donors (Lipinski definition) is 0. The summed E-state index contributed by atoms with van der Waals surface area (Å²) in [5.74, 6) is 0. The van der Waals surface area contributed by atoms with Gasteiger partial charge < -0.3 is 0 Å². The Hall–Kier alpha value is -3.01. The van der Waals surface area contributed by atoms with Gasteiger partial charge in [0.15, 0.2) is 0 Å². The number of rotatable bonds is 6. The fraction of sp³-hybridized carbons (Fsp3) is 0. The van der Waals surface area contributed by atoms with Gasteiger partial charge in [-0.25, -0.2) is 0 Å². The molecule has 6 aromatic rings. The van der Waals surface area contributed by atoms with E-state index >= 15 is 0 Å². The van der Waals surface area contributed by atoms with Crippen molar-refractivity contribution in [1.29, 1.82) is 0 Å². The Morgan fingerprint density at radius 1 is 0.293 bits per heavy atom. The van der Waals surface area contributed by atoms with E-state index in [9.17, 15) is 0 Å². The van der Waals surface area contributed by atoms with E-state index < -0.39 is 13.8 Å². The summed E-state index contributed by atoms with van der Waals surface area (Å²) in [6.07, 6.45) is 0. The first-order valence-electron chi connectivity index (χ1n) is 13.4. The molecule has 0 N–H and O–H groups in total. The predicted molar refractivity (Wildman–Crippen MR) is 181 cm³/mol. The Balaban J connectivity index is 0.00000165. The van der Waals surface area contributed by atoms with Crippen LogP contribution in [-0.2, 0) is 20.0 Å². The third-order valence-corrected chi connectivity index (χ3v) is 16.0. The average Bonchev–Trinajstić information content (AvgIpc) is 3.09. The fourth-order valence-electron chi connectivity index (χ4n) is 5.38. The van der Waals surface area contributed by atoms with E-state index in [2.05, 4.69) is 216 Å². The molecule has 0 nitrogen and oxygen atoms in total. The second-order valence-corrected chi connectivity index (χ2v) is 16.0. The van der Waals surface area contributed by atoms with Crippen molar-refractivity contribution in [3.8, 4) is 0 Å². The maximum atomic E-state index is 4.60. The van der Waals surface area contributed by atoms with Gasteiger partial charge in [0, 0.05) is 13.8 Å². The van der Waals surface area contributed by atoms with Gasteiger partial charge in [-0.2, -0.15) is 0 Å². The summed E-state index contributed by atoms with van der Waals surface area (Å²) in [5, 5.41) is 12.5. The molecule has 0 aromatic heterocycles. The summed E-state index contributed by atoms with van der Waals surface area (Å²) in [7, 11) is 4.45. The summed E-state index contributed by atoms with van der Waals surface area (Å²) in [4.78, 5) is 0. The molecule has 0 amide bonds. The molecule has 0 spiro atoms. The van der Waals surface area contributed by atoms with Crippen molar-refractivity contribution in [2.45, 2.75) is 0 Å². The molecular formula is C37H30AgClP2. The van der Waals surface area contributed by atoms with Crippen LogP contribution < -0.4 is 31.8 Å². The summed E-state index contributed by atoms with van der Waals surface area (Å²) in [5.41, 5.74) is 0. The zero-order valence-corrected chi connectivity index (χ0v) is 26.4. The fourth-order valence-corrected chi connectivity index (χ4v) is 15.5. The molecule has 6 aromatic carbocycles. The molecule has 0 saturated carbocycles. The molecule has 0 aliphatic heterocycles. The Labute approximate surface area is 260 Å². The van der Waals surface area contributed by atoms with Gasteiger partial charge in [-0.05, 0) is 31.8 Å².